The van der Waals surface area contributed by atoms with Crippen LogP contribution in [0.3, 0.4) is 0 Å². The van der Waals surface area contributed by atoms with Gasteiger partial charge in [-0.15, -0.1) is 0 Å². The molecule has 4 rings (SSSR count). The average molecular weight is 575 g/mol. The molecule has 0 aliphatic rings. The molecule has 0 aromatic heterocycles. The molecule has 0 aliphatic heterocycles. The summed E-state index contributed by atoms with van der Waals surface area (Å²) < 4.78 is 0. The highest BCUT2D eigenvalue weighted by Gasteiger charge is 2.17. The van der Waals surface area contributed by atoms with Crippen LogP contribution >= 0.6 is 0 Å². The van der Waals surface area contributed by atoms with E-state index in [9.17, 15) is 0 Å². The molecular weight excluding hydrogens is 520 g/mol. The van der Waals surface area contributed by atoms with E-state index < -0.39 is 0 Å². The first-order chi connectivity index (χ1) is 20.9. The van der Waals surface area contributed by atoms with Crippen molar-refractivity contribution in [1.29, 1.82) is 0 Å². The van der Waals surface area contributed by atoms with Gasteiger partial charge in [0.1, 0.15) is 0 Å². The van der Waals surface area contributed by atoms with Gasteiger partial charge in [-0.25, -0.2) is 0 Å². The van der Waals surface area contributed by atoms with Crippen LogP contribution in [-0.4, -0.2) is 0 Å². The fourth-order valence-electron chi connectivity index (χ4n) is 6.78. The lowest BCUT2D eigenvalue weighted by Crippen LogP contribution is -2.04. The van der Waals surface area contributed by atoms with E-state index in [0.717, 1.165) is 24.2 Å². The first kappa shape index (κ1) is 32.4. The number of hydrogen-bond donors (Lipinski definition) is 2. The number of unbranched alkanes of at least 4 members (excludes halogenated alkanes) is 4. The topological polar surface area (TPSA) is 52.0 Å². The number of nitrogens with two attached hydrogens (primary N) is 2. The number of hydrogen-bond acceptors (Lipinski definition) is 2. The van der Waals surface area contributed by atoms with E-state index in [1.807, 2.05) is 12.1 Å². The second kappa shape index (κ2) is 16.4. The molecule has 0 saturated carbocycles. The molecule has 0 fully saturated rings. The zero-order valence-electron chi connectivity index (χ0n) is 27.2. The summed E-state index contributed by atoms with van der Waals surface area (Å²) in [5, 5.41) is 0. The third-order valence-electron chi connectivity index (χ3n) is 9.19. The zero-order chi connectivity index (χ0) is 30.6. The largest absolute Gasteiger partial charge is 0.399 e. The molecule has 0 spiro atoms. The van der Waals surface area contributed by atoms with Gasteiger partial charge in [0.15, 0.2) is 0 Å². The van der Waals surface area contributed by atoms with Crippen molar-refractivity contribution in [3.63, 3.8) is 0 Å². The van der Waals surface area contributed by atoms with Crippen LogP contribution in [-0.2, 0) is 12.8 Å². The molecule has 0 aliphatic carbocycles. The Kier molecular flexibility index (Phi) is 12.3. The molecule has 4 aromatic rings. The number of nitrogen functional groups attached to an aromatic ring is 2. The summed E-state index contributed by atoms with van der Waals surface area (Å²) >= 11 is 0. The molecule has 2 heteroatoms. The van der Waals surface area contributed by atoms with Crippen LogP contribution in [0.15, 0.2) is 84.9 Å². The van der Waals surface area contributed by atoms with Gasteiger partial charge >= 0.3 is 0 Å². The van der Waals surface area contributed by atoms with Crippen molar-refractivity contribution >= 4 is 11.4 Å². The Morgan fingerprint density at radius 3 is 1.21 bits per heavy atom. The summed E-state index contributed by atoms with van der Waals surface area (Å²) in [6.45, 7) is 8.92. The molecular formula is C41H54N2. The Morgan fingerprint density at radius 1 is 0.488 bits per heavy atom. The minimum absolute atomic E-state index is 0.446. The maximum atomic E-state index is 6.02. The lowest BCUT2D eigenvalue weighted by molar-refractivity contribution is 0.613. The lowest BCUT2D eigenvalue weighted by Gasteiger charge is -2.20. The zero-order valence-corrected chi connectivity index (χ0v) is 27.2. The number of benzene rings is 4. The second-order valence-corrected chi connectivity index (χ2v) is 12.7. The summed E-state index contributed by atoms with van der Waals surface area (Å²) in [6.07, 6.45) is 13.5. The molecule has 43 heavy (non-hydrogen) atoms. The molecule has 0 heterocycles. The molecule has 2 unspecified atom stereocenters. The minimum Gasteiger partial charge on any atom is -0.399 e. The number of aryl methyl sites for hydroxylation is 4. The van der Waals surface area contributed by atoms with Crippen LogP contribution in [0.4, 0.5) is 11.4 Å². The van der Waals surface area contributed by atoms with Crippen molar-refractivity contribution in [3.8, 4) is 0 Å². The molecule has 0 amide bonds. The molecule has 4 N–H and O–H groups in total. The van der Waals surface area contributed by atoms with Gasteiger partial charge in [-0.2, -0.15) is 0 Å². The maximum Gasteiger partial charge on any atom is 0.0316 e. The third kappa shape index (κ3) is 9.23. The average Bonchev–Trinajstić information content (AvgIpc) is 3.00. The van der Waals surface area contributed by atoms with Crippen LogP contribution in [0.1, 0.15) is 128 Å². The molecule has 4 aromatic carbocycles. The van der Waals surface area contributed by atoms with E-state index in [4.69, 9.17) is 11.5 Å². The quantitative estimate of drug-likeness (QED) is 0.103. The van der Waals surface area contributed by atoms with E-state index in [2.05, 4.69) is 100 Å². The monoisotopic (exact) mass is 574 g/mol. The van der Waals surface area contributed by atoms with Crippen LogP contribution in [0.25, 0.3) is 0 Å². The Bertz CT molecular complexity index is 1290. The predicted octanol–water partition coefficient (Wildman–Crippen LogP) is 11.1. The van der Waals surface area contributed by atoms with Crippen molar-refractivity contribution in [2.24, 2.45) is 0 Å². The summed E-state index contributed by atoms with van der Waals surface area (Å²) in [4.78, 5) is 0. The first-order valence-electron chi connectivity index (χ1n) is 16.8. The van der Waals surface area contributed by atoms with Crippen LogP contribution in [0.5, 0.6) is 0 Å². The number of rotatable bonds is 16. The lowest BCUT2D eigenvalue weighted by atomic mass is 9.84. The SMILES string of the molecule is CCCC(c1ccc(CCCCCCCc2ccc(C(CCC)c3ccc(N)cc3C)cc2)cc1)c1ccc(N)cc1C. The number of anilines is 2. The predicted molar refractivity (Wildman–Crippen MR) is 188 cm³/mol. The van der Waals surface area contributed by atoms with Gasteiger partial charge in [0.2, 0.25) is 0 Å². The van der Waals surface area contributed by atoms with Gasteiger partial charge < -0.3 is 11.5 Å². The second-order valence-electron chi connectivity index (χ2n) is 12.7. The highest BCUT2D eigenvalue weighted by atomic mass is 14.5. The molecule has 2 atom stereocenters. The van der Waals surface area contributed by atoms with Crippen molar-refractivity contribution < 1.29 is 0 Å². The smallest absolute Gasteiger partial charge is 0.0316 e. The Balaban J connectivity index is 1.19. The first-order valence-corrected chi connectivity index (χ1v) is 16.8. The molecule has 0 radical (unpaired) electrons. The Hall–Kier alpha value is -3.52. The van der Waals surface area contributed by atoms with E-state index >= 15 is 0 Å². The van der Waals surface area contributed by atoms with Crippen molar-refractivity contribution in [2.45, 2.75) is 110 Å². The summed E-state index contributed by atoms with van der Waals surface area (Å²) in [7, 11) is 0. The fraction of sp³-hybridized carbons (Fsp3) is 0.415. The van der Waals surface area contributed by atoms with Crippen LogP contribution in [0.2, 0.25) is 0 Å². The summed E-state index contributed by atoms with van der Waals surface area (Å²) in [6, 6.07) is 31.6. The fourth-order valence-corrected chi connectivity index (χ4v) is 6.78. The minimum atomic E-state index is 0.446. The van der Waals surface area contributed by atoms with E-state index in [1.54, 1.807) is 0 Å². The summed E-state index contributed by atoms with van der Waals surface area (Å²) in [5.74, 6) is 0.892. The Morgan fingerprint density at radius 2 is 0.860 bits per heavy atom. The van der Waals surface area contributed by atoms with Crippen molar-refractivity contribution in [3.05, 3.63) is 129 Å². The highest BCUT2D eigenvalue weighted by Crippen LogP contribution is 2.34. The van der Waals surface area contributed by atoms with Gasteiger partial charge in [0, 0.05) is 23.2 Å². The van der Waals surface area contributed by atoms with Crippen LogP contribution < -0.4 is 11.5 Å². The van der Waals surface area contributed by atoms with Gasteiger partial charge in [-0.1, -0.05) is 107 Å². The van der Waals surface area contributed by atoms with Gasteiger partial charge in [0.05, 0.1) is 0 Å². The Labute approximate surface area is 261 Å². The van der Waals surface area contributed by atoms with Crippen molar-refractivity contribution in [2.75, 3.05) is 11.5 Å². The van der Waals surface area contributed by atoms with Gasteiger partial charge in [-0.05, 0) is 121 Å². The van der Waals surface area contributed by atoms with Crippen LogP contribution in [0, 0.1) is 13.8 Å². The summed E-state index contributed by atoms with van der Waals surface area (Å²) in [5.41, 5.74) is 24.9. The maximum absolute atomic E-state index is 6.02. The van der Waals surface area contributed by atoms with E-state index in [0.29, 0.717) is 11.8 Å². The molecule has 228 valence electrons. The van der Waals surface area contributed by atoms with E-state index in [-0.39, 0.29) is 0 Å². The van der Waals surface area contributed by atoms with E-state index in [1.165, 1.54) is 102 Å². The normalized spacial score (nSPS) is 12.7. The van der Waals surface area contributed by atoms with Gasteiger partial charge in [0.25, 0.3) is 0 Å². The van der Waals surface area contributed by atoms with Gasteiger partial charge in [-0.3, -0.25) is 0 Å². The highest BCUT2D eigenvalue weighted by molar-refractivity contribution is 5.49. The third-order valence-corrected chi connectivity index (χ3v) is 9.19. The molecule has 0 bridgehead atoms. The molecule has 2 nitrogen and oxygen atoms in total. The standard InChI is InChI=1S/C41H54N2/c1-5-12-40(38-26-24-36(42)28-30(38)3)34-20-16-32(17-21-34)14-10-8-7-9-11-15-33-18-22-35(23-19-33)41(13-6-2)39-27-25-37(43)29-31(39)4/h16-29,40-41H,5-15,42-43H2,1-4H3. The molecule has 0 saturated heterocycles. The van der Waals surface area contributed by atoms with Crippen molar-refractivity contribution in [1.82, 2.24) is 0 Å².